The molecule has 17 heavy (non-hydrogen) atoms. The molecule has 1 fully saturated rings. The molecule has 0 aromatic carbocycles. The first-order valence-electron chi connectivity index (χ1n) is 7.95. The molecule has 1 rings (SSSR count). The number of hydrogen-bond donors (Lipinski definition) is 0. The average molecular weight is 238 g/mol. The SMILES string of the molecule is CCC(C)C1CC1CCC(C)C(C)CC(C)C. The Morgan fingerprint density at radius 2 is 1.65 bits per heavy atom. The van der Waals surface area contributed by atoms with Gasteiger partial charge in [-0.25, -0.2) is 0 Å². The van der Waals surface area contributed by atoms with Crippen LogP contribution in [-0.2, 0) is 0 Å². The van der Waals surface area contributed by atoms with E-state index >= 15 is 0 Å². The Balaban J connectivity index is 2.15. The Morgan fingerprint density at radius 3 is 2.18 bits per heavy atom. The lowest BCUT2D eigenvalue weighted by molar-refractivity contribution is 0.295. The van der Waals surface area contributed by atoms with Gasteiger partial charge in [-0.2, -0.15) is 0 Å². The third-order valence-electron chi connectivity index (χ3n) is 5.16. The van der Waals surface area contributed by atoms with Gasteiger partial charge >= 0.3 is 0 Å². The van der Waals surface area contributed by atoms with Gasteiger partial charge in [0.1, 0.15) is 0 Å². The predicted molar refractivity (Wildman–Crippen MR) is 78.1 cm³/mol. The van der Waals surface area contributed by atoms with E-state index in [2.05, 4.69) is 41.5 Å². The summed E-state index contributed by atoms with van der Waals surface area (Å²) in [4.78, 5) is 0. The fraction of sp³-hybridized carbons (Fsp3) is 1.00. The molecule has 0 N–H and O–H groups in total. The minimum atomic E-state index is 0.862. The first-order chi connectivity index (χ1) is 7.95. The Morgan fingerprint density at radius 1 is 1.00 bits per heavy atom. The molecule has 0 aliphatic heterocycles. The van der Waals surface area contributed by atoms with Crippen LogP contribution in [0.1, 0.15) is 73.6 Å². The lowest BCUT2D eigenvalue weighted by atomic mass is 9.84. The molecule has 5 unspecified atom stereocenters. The van der Waals surface area contributed by atoms with E-state index < -0.39 is 0 Å². The van der Waals surface area contributed by atoms with E-state index in [-0.39, 0.29) is 0 Å². The summed E-state index contributed by atoms with van der Waals surface area (Å²) < 4.78 is 0. The zero-order chi connectivity index (χ0) is 13.0. The molecule has 0 heterocycles. The normalized spacial score (nSPS) is 29.1. The molecule has 0 amide bonds. The van der Waals surface area contributed by atoms with Crippen LogP contribution in [0.5, 0.6) is 0 Å². The largest absolute Gasteiger partial charge is 0.0651 e. The van der Waals surface area contributed by atoms with Crippen molar-refractivity contribution >= 4 is 0 Å². The third-order valence-corrected chi connectivity index (χ3v) is 5.16. The quantitative estimate of drug-likeness (QED) is 0.504. The topological polar surface area (TPSA) is 0 Å². The second kappa shape index (κ2) is 6.81. The number of hydrogen-bond acceptors (Lipinski definition) is 0. The first-order valence-corrected chi connectivity index (χ1v) is 7.95. The summed E-state index contributed by atoms with van der Waals surface area (Å²) in [6, 6.07) is 0. The van der Waals surface area contributed by atoms with Crippen LogP contribution in [0.3, 0.4) is 0 Å². The predicted octanol–water partition coefficient (Wildman–Crippen LogP) is 5.77. The van der Waals surface area contributed by atoms with Crippen molar-refractivity contribution in [2.75, 3.05) is 0 Å². The van der Waals surface area contributed by atoms with E-state index in [9.17, 15) is 0 Å². The lowest BCUT2D eigenvalue weighted by Gasteiger charge is -2.21. The van der Waals surface area contributed by atoms with Gasteiger partial charge in [0, 0.05) is 0 Å². The maximum Gasteiger partial charge on any atom is -0.0357 e. The molecule has 0 bridgehead atoms. The molecule has 1 saturated carbocycles. The Hall–Kier alpha value is 0. The second-order valence-electron chi connectivity index (χ2n) is 7.21. The van der Waals surface area contributed by atoms with Crippen molar-refractivity contribution in [1.82, 2.24) is 0 Å². The highest BCUT2D eigenvalue weighted by Gasteiger charge is 2.39. The molecule has 0 spiro atoms. The highest BCUT2D eigenvalue weighted by molar-refractivity contribution is 4.89. The molecule has 102 valence electrons. The van der Waals surface area contributed by atoms with Crippen LogP contribution < -0.4 is 0 Å². The molecule has 1 aliphatic carbocycles. The molecular formula is C17H34. The molecule has 5 atom stereocenters. The van der Waals surface area contributed by atoms with Gasteiger partial charge in [0.05, 0.1) is 0 Å². The van der Waals surface area contributed by atoms with Gasteiger partial charge in [0.25, 0.3) is 0 Å². The van der Waals surface area contributed by atoms with E-state index in [1.165, 1.54) is 32.1 Å². The van der Waals surface area contributed by atoms with Crippen LogP contribution >= 0.6 is 0 Å². The maximum atomic E-state index is 2.47. The first kappa shape index (κ1) is 15.1. The van der Waals surface area contributed by atoms with Crippen LogP contribution in [0.4, 0.5) is 0 Å². The van der Waals surface area contributed by atoms with Crippen LogP contribution in [0.2, 0.25) is 0 Å². The summed E-state index contributed by atoms with van der Waals surface area (Å²) >= 11 is 0. The highest BCUT2D eigenvalue weighted by atomic mass is 14.4. The van der Waals surface area contributed by atoms with Crippen molar-refractivity contribution in [2.45, 2.75) is 73.6 Å². The number of rotatable bonds is 8. The zero-order valence-corrected chi connectivity index (χ0v) is 13.0. The van der Waals surface area contributed by atoms with Gasteiger partial charge in [-0.15, -0.1) is 0 Å². The minimum Gasteiger partial charge on any atom is -0.0651 e. The third kappa shape index (κ3) is 5.02. The van der Waals surface area contributed by atoms with Gasteiger partial charge in [0.15, 0.2) is 0 Å². The lowest BCUT2D eigenvalue weighted by Crippen LogP contribution is -2.11. The van der Waals surface area contributed by atoms with Crippen molar-refractivity contribution in [3.8, 4) is 0 Å². The highest BCUT2D eigenvalue weighted by Crippen LogP contribution is 2.48. The van der Waals surface area contributed by atoms with Crippen LogP contribution in [0.25, 0.3) is 0 Å². The monoisotopic (exact) mass is 238 g/mol. The second-order valence-corrected chi connectivity index (χ2v) is 7.21. The smallest absolute Gasteiger partial charge is 0.0357 e. The van der Waals surface area contributed by atoms with E-state index in [0.29, 0.717) is 0 Å². The maximum absolute atomic E-state index is 2.47. The molecule has 0 saturated heterocycles. The summed E-state index contributed by atoms with van der Waals surface area (Å²) in [5.74, 6) is 5.84. The van der Waals surface area contributed by atoms with Crippen LogP contribution in [0, 0.1) is 35.5 Å². The Labute approximate surface area is 110 Å². The standard InChI is InChI=1S/C17H34/c1-7-13(4)17-11-16(17)9-8-14(5)15(6)10-12(2)3/h12-17H,7-11H2,1-6H3. The van der Waals surface area contributed by atoms with Gasteiger partial charge in [-0.05, 0) is 54.8 Å². The molecular weight excluding hydrogens is 204 g/mol. The van der Waals surface area contributed by atoms with Crippen LogP contribution in [0.15, 0.2) is 0 Å². The zero-order valence-electron chi connectivity index (χ0n) is 13.0. The molecule has 1 aliphatic rings. The van der Waals surface area contributed by atoms with E-state index in [1.807, 2.05) is 0 Å². The summed E-state index contributed by atoms with van der Waals surface area (Å²) in [6.45, 7) is 14.4. The summed E-state index contributed by atoms with van der Waals surface area (Å²) in [7, 11) is 0. The van der Waals surface area contributed by atoms with E-state index in [0.717, 1.165) is 35.5 Å². The minimum absolute atomic E-state index is 0.862. The van der Waals surface area contributed by atoms with Crippen molar-refractivity contribution in [1.29, 1.82) is 0 Å². The summed E-state index contributed by atoms with van der Waals surface area (Å²) in [5, 5.41) is 0. The van der Waals surface area contributed by atoms with E-state index in [1.54, 1.807) is 0 Å². The average Bonchev–Trinajstić information content (AvgIpc) is 3.03. The molecule has 0 nitrogen and oxygen atoms in total. The van der Waals surface area contributed by atoms with Gasteiger partial charge in [-0.3, -0.25) is 0 Å². The molecule has 0 heteroatoms. The Bertz CT molecular complexity index is 206. The van der Waals surface area contributed by atoms with E-state index in [4.69, 9.17) is 0 Å². The molecule has 0 radical (unpaired) electrons. The van der Waals surface area contributed by atoms with Gasteiger partial charge in [0.2, 0.25) is 0 Å². The summed E-state index contributed by atoms with van der Waals surface area (Å²) in [6.07, 6.45) is 7.27. The van der Waals surface area contributed by atoms with Gasteiger partial charge in [-0.1, -0.05) is 54.4 Å². The summed E-state index contributed by atoms with van der Waals surface area (Å²) in [5.41, 5.74) is 0. The molecule has 0 aromatic rings. The Kier molecular flexibility index (Phi) is 6.03. The fourth-order valence-corrected chi connectivity index (χ4v) is 3.34. The van der Waals surface area contributed by atoms with Crippen molar-refractivity contribution in [3.63, 3.8) is 0 Å². The van der Waals surface area contributed by atoms with Gasteiger partial charge < -0.3 is 0 Å². The van der Waals surface area contributed by atoms with Crippen molar-refractivity contribution in [2.24, 2.45) is 35.5 Å². The van der Waals surface area contributed by atoms with Crippen LogP contribution in [-0.4, -0.2) is 0 Å². The van der Waals surface area contributed by atoms with Crippen molar-refractivity contribution in [3.05, 3.63) is 0 Å². The molecule has 0 aromatic heterocycles. The van der Waals surface area contributed by atoms with Crippen molar-refractivity contribution < 1.29 is 0 Å². The fourth-order valence-electron chi connectivity index (χ4n) is 3.34.